The summed E-state index contributed by atoms with van der Waals surface area (Å²) in [6, 6.07) is 9.02. The number of hydrazine groups is 1. The second kappa shape index (κ2) is 6.08. The Kier molecular flexibility index (Phi) is 4.31. The molecule has 0 saturated carbocycles. The first kappa shape index (κ1) is 15.6. The van der Waals surface area contributed by atoms with Crippen molar-refractivity contribution in [2.75, 3.05) is 5.01 Å². The largest absolute Gasteiger partial charge is 0.465 e. The summed E-state index contributed by atoms with van der Waals surface area (Å²) in [5.74, 6) is 1.65. The average Bonchev–Trinajstić information content (AvgIpc) is 2.96. The summed E-state index contributed by atoms with van der Waals surface area (Å²) >= 11 is 12.1. The molecule has 2 aromatic rings. The maximum Gasteiger partial charge on any atom is 0.152 e. The van der Waals surface area contributed by atoms with Crippen LogP contribution in [0.15, 0.2) is 34.7 Å². The van der Waals surface area contributed by atoms with Crippen LogP contribution in [0.5, 0.6) is 0 Å². The first-order valence-corrected chi connectivity index (χ1v) is 7.53. The molecule has 2 heterocycles. The third-order valence-corrected chi connectivity index (χ3v) is 3.93. The molecule has 1 saturated heterocycles. The van der Waals surface area contributed by atoms with Crippen molar-refractivity contribution in [2.45, 2.75) is 26.0 Å². The fourth-order valence-electron chi connectivity index (χ4n) is 2.45. The maximum atomic E-state index is 6.28. The third kappa shape index (κ3) is 3.08. The van der Waals surface area contributed by atoms with Gasteiger partial charge in [0.1, 0.15) is 17.8 Å². The Balaban J connectivity index is 1.81. The quantitative estimate of drug-likeness (QED) is 0.793. The first-order chi connectivity index (χ1) is 10.4. The fourth-order valence-corrected chi connectivity index (χ4v) is 2.97. The van der Waals surface area contributed by atoms with Crippen LogP contribution in [0.4, 0.5) is 5.69 Å². The molecule has 3 rings (SSSR count). The highest BCUT2D eigenvalue weighted by atomic mass is 35.5. The van der Waals surface area contributed by atoms with E-state index in [0.717, 1.165) is 17.2 Å². The molecule has 2 unspecified atom stereocenters. The van der Waals surface area contributed by atoms with Crippen LogP contribution in [-0.2, 0) is 6.54 Å². The lowest BCUT2D eigenvalue weighted by atomic mass is 10.3. The van der Waals surface area contributed by atoms with Gasteiger partial charge in [-0.2, -0.15) is 0 Å². The summed E-state index contributed by atoms with van der Waals surface area (Å²) in [6.45, 7) is 2.39. The Morgan fingerprint density at radius 2 is 1.86 bits per heavy atom. The lowest BCUT2D eigenvalue weighted by Crippen LogP contribution is -2.48. The summed E-state index contributed by atoms with van der Waals surface area (Å²) in [5.41, 5.74) is 16.2. The van der Waals surface area contributed by atoms with Crippen LogP contribution in [0.25, 0.3) is 0 Å². The van der Waals surface area contributed by atoms with Gasteiger partial charge in [-0.25, -0.2) is 10.3 Å². The molecule has 8 heteroatoms. The van der Waals surface area contributed by atoms with E-state index in [0.29, 0.717) is 16.6 Å². The summed E-state index contributed by atoms with van der Waals surface area (Å²) < 4.78 is 5.58. The minimum Gasteiger partial charge on any atom is -0.465 e. The maximum absolute atomic E-state index is 6.28. The van der Waals surface area contributed by atoms with Crippen LogP contribution in [0.2, 0.25) is 10.0 Å². The van der Waals surface area contributed by atoms with E-state index in [-0.39, 0.29) is 0 Å². The van der Waals surface area contributed by atoms with Gasteiger partial charge in [0.2, 0.25) is 0 Å². The van der Waals surface area contributed by atoms with Gasteiger partial charge in [-0.15, -0.1) is 0 Å². The third-order valence-electron chi connectivity index (χ3n) is 3.49. The number of anilines is 1. The average molecular weight is 342 g/mol. The lowest BCUT2D eigenvalue weighted by Gasteiger charge is -2.26. The van der Waals surface area contributed by atoms with E-state index in [4.69, 9.17) is 39.1 Å². The first-order valence-electron chi connectivity index (χ1n) is 6.78. The predicted molar refractivity (Wildman–Crippen MR) is 87.0 cm³/mol. The second-order valence-corrected chi connectivity index (χ2v) is 6.04. The zero-order valence-corrected chi connectivity index (χ0v) is 13.5. The smallest absolute Gasteiger partial charge is 0.152 e. The molecule has 1 aromatic heterocycles. The van der Waals surface area contributed by atoms with Crippen LogP contribution in [0, 0.1) is 6.92 Å². The van der Waals surface area contributed by atoms with Crippen molar-refractivity contribution in [2.24, 2.45) is 11.5 Å². The van der Waals surface area contributed by atoms with Crippen molar-refractivity contribution in [3.8, 4) is 0 Å². The van der Waals surface area contributed by atoms with E-state index in [1.807, 2.05) is 24.0 Å². The molecule has 0 radical (unpaired) electrons. The minimum atomic E-state index is -0.477. The Hall–Kier alpha value is -1.28. The molecular formula is C14H17Cl2N5O. The molecule has 6 nitrogen and oxygen atoms in total. The molecule has 0 bridgehead atoms. The highest BCUT2D eigenvalue weighted by Crippen LogP contribution is 2.28. The minimum absolute atomic E-state index is 0.446. The fraction of sp³-hybridized carbons (Fsp3) is 0.286. The molecule has 1 aliphatic rings. The SMILES string of the molecule is Cc1ccc(CN2C(N)NN(c3cc(Cl)cc(Cl)c3)C2N)o1. The Morgan fingerprint density at radius 3 is 2.45 bits per heavy atom. The van der Waals surface area contributed by atoms with Gasteiger partial charge in [-0.3, -0.25) is 10.7 Å². The van der Waals surface area contributed by atoms with E-state index in [1.165, 1.54) is 0 Å². The van der Waals surface area contributed by atoms with E-state index < -0.39 is 12.6 Å². The Bertz CT molecular complexity index is 657. The molecule has 5 N–H and O–H groups in total. The van der Waals surface area contributed by atoms with Crippen LogP contribution >= 0.6 is 23.2 Å². The molecular weight excluding hydrogens is 325 g/mol. The number of hydrogen-bond donors (Lipinski definition) is 3. The molecule has 118 valence electrons. The van der Waals surface area contributed by atoms with Crippen LogP contribution in [0.3, 0.4) is 0 Å². The van der Waals surface area contributed by atoms with Crippen LogP contribution in [0.1, 0.15) is 11.5 Å². The standard InChI is InChI=1S/C14H17Cl2N5O/c1-8-2-3-12(22-8)7-20-13(17)19-21(14(20)18)11-5-9(15)4-10(16)6-11/h2-6,13-14,19H,7,17-18H2,1H3. The van der Waals surface area contributed by atoms with Gasteiger partial charge >= 0.3 is 0 Å². The number of furan rings is 1. The Labute approximate surface area is 138 Å². The van der Waals surface area contributed by atoms with Gasteiger partial charge in [0.15, 0.2) is 6.29 Å². The Morgan fingerprint density at radius 1 is 1.18 bits per heavy atom. The lowest BCUT2D eigenvalue weighted by molar-refractivity contribution is 0.169. The number of benzene rings is 1. The molecule has 1 fully saturated rings. The highest BCUT2D eigenvalue weighted by molar-refractivity contribution is 6.35. The topological polar surface area (TPSA) is 83.7 Å². The monoisotopic (exact) mass is 341 g/mol. The number of hydrogen-bond acceptors (Lipinski definition) is 6. The van der Waals surface area contributed by atoms with Gasteiger partial charge < -0.3 is 10.2 Å². The number of halogens is 2. The predicted octanol–water partition coefficient (Wildman–Crippen LogP) is 2.21. The van der Waals surface area contributed by atoms with Crippen molar-refractivity contribution in [3.63, 3.8) is 0 Å². The summed E-state index contributed by atoms with van der Waals surface area (Å²) in [6.07, 6.45) is -0.923. The summed E-state index contributed by atoms with van der Waals surface area (Å²) in [4.78, 5) is 1.87. The molecule has 1 aromatic carbocycles. The molecule has 1 aliphatic heterocycles. The normalized spacial score (nSPS) is 22.5. The molecule has 22 heavy (non-hydrogen) atoms. The zero-order chi connectivity index (χ0) is 15.9. The van der Waals surface area contributed by atoms with E-state index in [9.17, 15) is 0 Å². The summed E-state index contributed by atoms with van der Waals surface area (Å²) in [7, 11) is 0. The van der Waals surface area contributed by atoms with E-state index >= 15 is 0 Å². The molecule has 2 atom stereocenters. The van der Waals surface area contributed by atoms with Gasteiger partial charge in [0, 0.05) is 10.0 Å². The van der Waals surface area contributed by atoms with E-state index in [2.05, 4.69) is 5.43 Å². The van der Waals surface area contributed by atoms with Crippen LogP contribution < -0.4 is 21.9 Å². The van der Waals surface area contributed by atoms with Crippen molar-refractivity contribution >= 4 is 28.9 Å². The van der Waals surface area contributed by atoms with Gasteiger partial charge in [-0.1, -0.05) is 23.2 Å². The highest BCUT2D eigenvalue weighted by Gasteiger charge is 2.35. The van der Waals surface area contributed by atoms with E-state index in [1.54, 1.807) is 23.2 Å². The van der Waals surface area contributed by atoms with Crippen molar-refractivity contribution < 1.29 is 4.42 Å². The van der Waals surface area contributed by atoms with Gasteiger partial charge in [-0.05, 0) is 37.3 Å². The van der Waals surface area contributed by atoms with Crippen molar-refractivity contribution in [3.05, 3.63) is 51.9 Å². The molecule has 0 amide bonds. The second-order valence-electron chi connectivity index (χ2n) is 5.17. The number of rotatable bonds is 3. The van der Waals surface area contributed by atoms with Crippen molar-refractivity contribution in [1.29, 1.82) is 0 Å². The molecule has 0 spiro atoms. The van der Waals surface area contributed by atoms with Gasteiger partial charge in [0.25, 0.3) is 0 Å². The number of aryl methyl sites for hydroxylation is 1. The van der Waals surface area contributed by atoms with Crippen LogP contribution in [-0.4, -0.2) is 17.5 Å². The summed E-state index contributed by atoms with van der Waals surface area (Å²) in [5, 5.41) is 2.80. The molecule has 0 aliphatic carbocycles. The van der Waals surface area contributed by atoms with Crippen molar-refractivity contribution in [1.82, 2.24) is 10.3 Å². The zero-order valence-electron chi connectivity index (χ0n) is 12.0. The number of nitrogens with two attached hydrogens (primary N) is 2. The number of nitrogens with zero attached hydrogens (tertiary/aromatic N) is 2. The number of nitrogens with one attached hydrogen (secondary N) is 1. The van der Waals surface area contributed by atoms with Gasteiger partial charge in [0.05, 0.1) is 12.2 Å².